The first kappa shape index (κ1) is 17.3. The zero-order valence-corrected chi connectivity index (χ0v) is 15.9. The molecule has 3 aromatic carbocycles. The summed E-state index contributed by atoms with van der Waals surface area (Å²) in [5.74, 6) is 0.701. The van der Waals surface area contributed by atoms with E-state index in [-0.39, 0.29) is 11.2 Å². The molecule has 0 saturated heterocycles. The molecule has 0 unspecified atom stereocenters. The van der Waals surface area contributed by atoms with E-state index in [0.717, 1.165) is 10.4 Å². The number of hydrogen-bond acceptors (Lipinski definition) is 2. The first-order chi connectivity index (χ1) is 11.9. The Balaban J connectivity index is 1.98. The Hall–Kier alpha value is -2.52. The van der Waals surface area contributed by atoms with Gasteiger partial charge in [0.1, 0.15) is 5.75 Å². The van der Waals surface area contributed by atoms with Crippen molar-refractivity contribution in [2.45, 2.75) is 26.2 Å². The van der Waals surface area contributed by atoms with Crippen LogP contribution in [0.5, 0.6) is 11.5 Å². The molecule has 0 spiro atoms. The predicted molar refractivity (Wildman–Crippen MR) is 105 cm³/mol. The lowest BCUT2D eigenvalue weighted by molar-refractivity contribution is 0.442. The molecule has 1 N–H and O–H groups in total. The molecule has 3 aromatic rings. The van der Waals surface area contributed by atoms with E-state index in [9.17, 15) is 5.11 Å². The molecule has 0 heterocycles. The molecule has 0 aromatic heterocycles. The van der Waals surface area contributed by atoms with Gasteiger partial charge in [-0.05, 0) is 33.5 Å². The number of benzene rings is 3. The molecule has 2 nitrogen and oxygen atoms in total. The van der Waals surface area contributed by atoms with Gasteiger partial charge in [-0.1, -0.05) is 87.5 Å². The zero-order valence-electron chi connectivity index (χ0n) is 14.9. The summed E-state index contributed by atoms with van der Waals surface area (Å²) in [6.07, 6.45) is 0. The van der Waals surface area contributed by atoms with Crippen LogP contribution in [0.2, 0.25) is 0 Å². The van der Waals surface area contributed by atoms with Crippen molar-refractivity contribution in [2.75, 3.05) is 0 Å². The lowest BCUT2D eigenvalue weighted by Gasteiger charge is -2.21. The molecular weight excluding hydrogens is 324 g/mol. The molecule has 3 rings (SSSR count). The number of phenolic OH excluding ortho intramolecular Hbond substituents is 1. The molecule has 0 fully saturated rings. The summed E-state index contributed by atoms with van der Waals surface area (Å²) >= 11 is 0. The highest BCUT2D eigenvalue weighted by atomic mass is 28.3. The average molecular weight is 348 g/mol. The molecule has 0 amide bonds. The van der Waals surface area contributed by atoms with Gasteiger partial charge in [0.15, 0.2) is 5.75 Å². The molecule has 0 aliphatic carbocycles. The van der Waals surface area contributed by atoms with Gasteiger partial charge in [-0.25, -0.2) is 0 Å². The molecule has 127 valence electrons. The fourth-order valence-electron chi connectivity index (χ4n) is 2.65. The van der Waals surface area contributed by atoms with Gasteiger partial charge in [0.25, 0.3) is 0 Å². The van der Waals surface area contributed by atoms with E-state index >= 15 is 0 Å². The minimum Gasteiger partial charge on any atom is -0.530 e. The van der Waals surface area contributed by atoms with Crippen molar-refractivity contribution in [3.8, 4) is 11.5 Å². The second-order valence-corrected chi connectivity index (χ2v) is 9.11. The second-order valence-electron chi connectivity index (χ2n) is 7.09. The second kappa shape index (κ2) is 7.15. The predicted octanol–water partition coefficient (Wildman–Crippen LogP) is 3.87. The van der Waals surface area contributed by atoms with Crippen LogP contribution >= 0.6 is 0 Å². The van der Waals surface area contributed by atoms with Crippen molar-refractivity contribution in [1.82, 2.24) is 0 Å². The van der Waals surface area contributed by atoms with Crippen LogP contribution in [0.3, 0.4) is 0 Å². The third-order valence-corrected chi connectivity index (χ3v) is 6.27. The van der Waals surface area contributed by atoms with Crippen LogP contribution in [0.4, 0.5) is 0 Å². The number of aromatic hydroxyl groups is 1. The Labute approximate surface area is 151 Å². The molecule has 1 radical (unpaired) electrons. The van der Waals surface area contributed by atoms with E-state index in [1.165, 1.54) is 5.56 Å². The summed E-state index contributed by atoms with van der Waals surface area (Å²) in [6.45, 7) is 6.64. The van der Waals surface area contributed by atoms with E-state index < -0.39 is 9.04 Å². The summed E-state index contributed by atoms with van der Waals surface area (Å²) in [5.41, 5.74) is 1.42. The summed E-state index contributed by atoms with van der Waals surface area (Å²) < 4.78 is 6.29. The van der Waals surface area contributed by atoms with Crippen molar-refractivity contribution in [1.29, 1.82) is 0 Å². The van der Waals surface area contributed by atoms with Crippen LogP contribution in [-0.2, 0) is 5.41 Å². The lowest BCUT2D eigenvalue weighted by Crippen LogP contribution is -2.47. The maximum Gasteiger partial charge on any atom is 0.352 e. The van der Waals surface area contributed by atoms with Gasteiger partial charge in [-0.3, -0.25) is 0 Å². The van der Waals surface area contributed by atoms with E-state index in [0.29, 0.717) is 5.75 Å². The summed E-state index contributed by atoms with van der Waals surface area (Å²) in [6, 6.07) is 26.0. The van der Waals surface area contributed by atoms with Crippen LogP contribution in [-0.4, -0.2) is 14.1 Å². The molecule has 25 heavy (non-hydrogen) atoms. The highest BCUT2D eigenvalue weighted by Gasteiger charge is 2.23. The Morgan fingerprint density at radius 3 is 1.88 bits per heavy atom. The standard InChI is InChI=1S/C22H23O2Si/c1-22(2,3)17-13-15-19(16-14-17)25(18-9-5-4-6-10-18)24-21-12-8-7-11-20(21)23/h4-16,23H,1-3H3. The largest absolute Gasteiger partial charge is 0.530 e. The van der Waals surface area contributed by atoms with Gasteiger partial charge >= 0.3 is 9.04 Å². The van der Waals surface area contributed by atoms with Gasteiger partial charge < -0.3 is 9.53 Å². The smallest absolute Gasteiger partial charge is 0.352 e. The van der Waals surface area contributed by atoms with Crippen molar-refractivity contribution < 1.29 is 9.53 Å². The number of para-hydroxylation sites is 2. The normalized spacial score (nSPS) is 11.5. The zero-order chi connectivity index (χ0) is 17.9. The summed E-state index contributed by atoms with van der Waals surface area (Å²) in [5, 5.41) is 12.4. The van der Waals surface area contributed by atoms with Crippen LogP contribution in [0.25, 0.3) is 0 Å². The SMILES string of the molecule is CC(C)(C)c1ccc([Si](Oc2ccccc2O)c2ccccc2)cc1. The Kier molecular flexibility index (Phi) is 4.95. The van der Waals surface area contributed by atoms with Crippen molar-refractivity contribution in [2.24, 2.45) is 0 Å². The minimum atomic E-state index is -1.50. The van der Waals surface area contributed by atoms with E-state index in [2.05, 4.69) is 57.2 Å². The highest BCUT2D eigenvalue weighted by molar-refractivity contribution is 6.80. The van der Waals surface area contributed by atoms with Crippen LogP contribution in [0.15, 0.2) is 78.9 Å². The Morgan fingerprint density at radius 2 is 1.28 bits per heavy atom. The lowest BCUT2D eigenvalue weighted by atomic mass is 9.87. The fourth-order valence-corrected chi connectivity index (χ4v) is 4.58. The molecule has 0 aliphatic heterocycles. The van der Waals surface area contributed by atoms with E-state index in [4.69, 9.17) is 4.43 Å². The quantitative estimate of drug-likeness (QED) is 0.726. The Morgan fingerprint density at radius 1 is 0.720 bits per heavy atom. The van der Waals surface area contributed by atoms with E-state index in [1.54, 1.807) is 12.1 Å². The van der Waals surface area contributed by atoms with Gasteiger partial charge in [-0.2, -0.15) is 0 Å². The summed E-state index contributed by atoms with van der Waals surface area (Å²) in [7, 11) is -1.50. The molecule has 0 saturated carbocycles. The maximum absolute atomic E-state index is 10.1. The minimum absolute atomic E-state index is 0.122. The Bertz CT molecular complexity index is 821. The molecule has 0 bridgehead atoms. The fraction of sp³-hybridized carbons (Fsp3) is 0.182. The molecule has 0 aliphatic rings. The van der Waals surface area contributed by atoms with E-state index in [1.807, 2.05) is 30.3 Å². The first-order valence-corrected chi connectivity index (χ1v) is 9.85. The van der Waals surface area contributed by atoms with Crippen molar-refractivity contribution >= 4 is 19.4 Å². The average Bonchev–Trinajstić information content (AvgIpc) is 2.61. The highest BCUT2D eigenvalue weighted by Crippen LogP contribution is 2.25. The molecular formula is C22H23O2Si. The third-order valence-electron chi connectivity index (χ3n) is 4.13. The topological polar surface area (TPSA) is 29.5 Å². The molecule has 0 atom stereocenters. The number of phenols is 1. The van der Waals surface area contributed by atoms with Gasteiger partial charge in [0.05, 0.1) is 0 Å². The summed E-state index contributed by atoms with van der Waals surface area (Å²) in [4.78, 5) is 0. The van der Waals surface area contributed by atoms with Crippen LogP contribution < -0.4 is 14.8 Å². The number of hydrogen-bond donors (Lipinski definition) is 1. The molecule has 3 heteroatoms. The van der Waals surface area contributed by atoms with Gasteiger partial charge in [0, 0.05) is 0 Å². The van der Waals surface area contributed by atoms with Gasteiger partial charge in [0.2, 0.25) is 0 Å². The third kappa shape index (κ3) is 4.12. The number of rotatable bonds is 4. The van der Waals surface area contributed by atoms with Crippen molar-refractivity contribution in [3.63, 3.8) is 0 Å². The van der Waals surface area contributed by atoms with Crippen LogP contribution in [0, 0.1) is 0 Å². The first-order valence-electron chi connectivity index (χ1n) is 8.44. The maximum atomic E-state index is 10.1. The van der Waals surface area contributed by atoms with Gasteiger partial charge in [-0.15, -0.1) is 0 Å². The monoisotopic (exact) mass is 347 g/mol. The van der Waals surface area contributed by atoms with Crippen molar-refractivity contribution in [3.05, 3.63) is 84.4 Å². The van der Waals surface area contributed by atoms with Crippen LogP contribution in [0.1, 0.15) is 26.3 Å².